The van der Waals surface area contributed by atoms with Gasteiger partial charge in [0.1, 0.15) is 23.1 Å². The first-order valence-electron chi connectivity index (χ1n) is 15.4. The molecule has 242 valence electrons. The zero-order valence-corrected chi connectivity index (χ0v) is 27.8. The third-order valence-corrected chi connectivity index (χ3v) is 8.29. The molecule has 1 unspecified atom stereocenters. The largest absolute Gasteiger partial charge is 0.497 e. The number of ether oxygens (including phenoxy) is 2. The molecule has 0 aliphatic carbocycles. The summed E-state index contributed by atoms with van der Waals surface area (Å²) >= 11 is 0. The molecule has 2 heterocycles. The third kappa shape index (κ3) is 7.18. The average molecular weight is 633 g/mol. The van der Waals surface area contributed by atoms with Crippen molar-refractivity contribution in [1.82, 2.24) is 10.3 Å². The minimum absolute atomic E-state index is 0.0142. The van der Waals surface area contributed by atoms with Crippen molar-refractivity contribution >= 4 is 28.9 Å². The second kappa shape index (κ2) is 13.0. The van der Waals surface area contributed by atoms with Gasteiger partial charge >= 0.3 is 5.97 Å². The van der Waals surface area contributed by atoms with Crippen molar-refractivity contribution in [1.29, 1.82) is 0 Å². The van der Waals surface area contributed by atoms with Crippen molar-refractivity contribution in [2.75, 3.05) is 7.11 Å². The number of rotatable bonds is 6. The highest BCUT2D eigenvalue weighted by Gasteiger charge is 2.48. The predicted octanol–water partition coefficient (Wildman–Crippen LogP) is 7.72. The van der Waals surface area contributed by atoms with Gasteiger partial charge in [-0.1, -0.05) is 96.1 Å². The van der Waals surface area contributed by atoms with Crippen LogP contribution in [0, 0.1) is 0 Å². The molecule has 0 saturated heterocycles. The Labute approximate surface area is 275 Å². The zero-order chi connectivity index (χ0) is 34.0. The highest BCUT2D eigenvalue weighted by atomic mass is 16.7. The fourth-order valence-electron chi connectivity index (χ4n) is 5.42. The van der Waals surface area contributed by atoms with Gasteiger partial charge in [0.05, 0.1) is 12.7 Å². The quantitative estimate of drug-likeness (QED) is 0.150. The van der Waals surface area contributed by atoms with Gasteiger partial charge in [-0.3, -0.25) is 4.79 Å². The molecule has 8 heteroatoms. The Morgan fingerprint density at radius 1 is 0.787 bits per heavy atom. The van der Waals surface area contributed by atoms with E-state index < -0.39 is 11.8 Å². The normalized spacial score (nSPS) is 16.5. The Morgan fingerprint density at radius 2 is 1.36 bits per heavy atom. The standard InChI is InChI=1S/C28H26N2O5.C11H14O/c1-27(2,3)19-8-5-17(6-9-19)15-22-25(18-7-14-23-24(16-18)30-35-29-23)26(31)34-28(22,32)20-10-12-21(33-4)13-11-20;1-11(2,3)10-6-4-9(8-12)5-7-10/h5-14,16,32H,15H2,1-4H3;4-8H,1-3H3. The van der Waals surface area contributed by atoms with E-state index in [1.165, 1.54) is 11.1 Å². The van der Waals surface area contributed by atoms with Gasteiger partial charge in [-0.15, -0.1) is 0 Å². The number of fused-ring (bicyclic) bond motifs is 1. The van der Waals surface area contributed by atoms with E-state index in [1.54, 1.807) is 49.6 Å². The van der Waals surface area contributed by atoms with Crippen molar-refractivity contribution in [3.63, 3.8) is 0 Å². The number of aromatic nitrogens is 2. The number of aldehydes is 1. The van der Waals surface area contributed by atoms with Crippen molar-refractivity contribution in [3.05, 3.63) is 130 Å². The number of esters is 1. The summed E-state index contributed by atoms with van der Waals surface area (Å²) < 4.78 is 15.7. The molecule has 1 aliphatic heterocycles. The Kier molecular flexibility index (Phi) is 9.18. The maximum Gasteiger partial charge on any atom is 0.342 e. The first kappa shape index (κ1) is 33.3. The van der Waals surface area contributed by atoms with Crippen LogP contribution in [-0.4, -0.2) is 34.8 Å². The molecule has 0 amide bonds. The SMILES string of the molecule is CC(C)(C)c1ccc(C=O)cc1.COc1ccc(C2(O)OC(=O)C(c3ccc4nonc4c3)=C2Cc2ccc(C(C)(C)C)cc2)cc1. The Morgan fingerprint density at radius 3 is 1.91 bits per heavy atom. The first-order chi connectivity index (χ1) is 22.2. The van der Waals surface area contributed by atoms with Crippen LogP contribution >= 0.6 is 0 Å². The molecule has 1 N–H and O–H groups in total. The van der Waals surface area contributed by atoms with E-state index in [2.05, 4.69) is 64.0 Å². The van der Waals surface area contributed by atoms with Gasteiger partial charge in [0.25, 0.3) is 5.79 Å². The Balaban J connectivity index is 0.000000305. The average Bonchev–Trinajstić information content (AvgIpc) is 3.62. The monoisotopic (exact) mass is 632 g/mol. The van der Waals surface area contributed by atoms with Gasteiger partial charge in [-0.2, -0.15) is 0 Å². The van der Waals surface area contributed by atoms with Gasteiger partial charge in [-0.05, 0) is 79.8 Å². The number of methoxy groups -OCH3 is 1. The van der Waals surface area contributed by atoms with Crippen LogP contribution in [0.4, 0.5) is 0 Å². The number of aliphatic hydroxyl groups is 1. The zero-order valence-electron chi connectivity index (χ0n) is 27.8. The van der Waals surface area contributed by atoms with E-state index in [9.17, 15) is 14.7 Å². The summed E-state index contributed by atoms with van der Waals surface area (Å²) in [5.41, 5.74) is 7.17. The summed E-state index contributed by atoms with van der Waals surface area (Å²) in [6, 6.07) is 27.9. The smallest absolute Gasteiger partial charge is 0.342 e. The summed E-state index contributed by atoms with van der Waals surface area (Å²) in [6.45, 7) is 12.9. The van der Waals surface area contributed by atoms with Gasteiger partial charge in [0, 0.05) is 23.1 Å². The number of carbonyl (C=O) groups excluding carboxylic acids is 2. The molecule has 0 radical (unpaired) electrons. The molecule has 1 aliphatic rings. The van der Waals surface area contributed by atoms with Gasteiger partial charge in [-0.25, -0.2) is 9.42 Å². The molecule has 47 heavy (non-hydrogen) atoms. The van der Waals surface area contributed by atoms with Gasteiger partial charge in [0.15, 0.2) is 0 Å². The number of nitrogens with zero attached hydrogens (tertiary/aromatic N) is 2. The Hall–Kier alpha value is -5.08. The lowest BCUT2D eigenvalue weighted by Crippen LogP contribution is -2.29. The first-order valence-corrected chi connectivity index (χ1v) is 15.4. The summed E-state index contributed by atoms with van der Waals surface area (Å²) in [5.74, 6) is -1.91. The van der Waals surface area contributed by atoms with Crippen LogP contribution in [0.5, 0.6) is 5.75 Å². The molecule has 0 spiro atoms. The maximum atomic E-state index is 13.2. The topological polar surface area (TPSA) is 112 Å². The predicted molar refractivity (Wildman–Crippen MR) is 181 cm³/mol. The van der Waals surface area contributed by atoms with Crippen molar-refractivity contribution in [3.8, 4) is 5.75 Å². The molecule has 1 atom stereocenters. The Bertz CT molecular complexity index is 1910. The molecular weight excluding hydrogens is 592 g/mol. The van der Waals surface area contributed by atoms with Crippen LogP contribution in [0.3, 0.4) is 0 Å². The summed E-state index contributed by atoms with van der Waals surface area (Å²) in [6.07, 6.45) is 1.18. The highest BCUT2D eigenvalue weighted by Crippen LogP contribution is 2.45. The molecule has 1 aromatic heterocycles. The molecule has 8 nitrogen and oxygen atoms in total. The summed E-state index contributed by atoms with van der Waals surface area (Å²) in [4.78, 5) is 23.6. The minimum atomic E-state index is -1.93. The lowest BCUT2D eigenvalue weighted by Gasteiger charge is -2.26. The molecule has 0 bridgehead atoms. The van der Waals surface area contributed by atoms with E-state index in [0.717, 1.165) is 17.4 Å². The van der Waals surface area contributed by atoms with Crippen molar-refractivity contribution in [2.24, 2.45) is 0 Å². The van der Waals surface area contributed by atoms with E-state index >= 15 is 0 Å². The van der Waals surface area contributed by atoms with E-state index in [4.69, 9.17) is 14.1 Å². The molecule has 0 fully saturated rings. The van der Waals surface area contributed by atoms with Gasteiger partial charge < -0.3 is 14.6 Å². The molecule has 6 rings (SSSR count). The minimum Gasteiger partial charge on any atom is -0.497 e. The maximum absolute atomic E-state index is 13.2. The fourth-order valence-corrected chi connectivity index (χ4v) is 5.42. The molecule has 5 aromatic rings. The number of hydrogen-bond acceptors (Lipinski definition) is 8. The van der Waals surface area contributed by atoms with Crippen LogP contribution in [0.15, 0.2) is 101 Å². The number of benzene rings is 4. The number of cyclic esters (lactones) is 1. The van der Waals surface area contributed by atoms with Crippen LogP contribution in [0.25, 0.3) is 16.6 Å². The summed E-state index contributed by atoms with van der Waals surface area (Å²) in [5, 5.41) is 19.5. The van der Waals surface area contributed by atoms with Crippen molar-refractivity contribution in [2.45, 2.75) is 64.6 Å². The molecule has 4 aromatic carbocycles. The van der Waals surface area contributed by atoms with Crippen molar-refractivity contribution < 1.29 is 28.8 Å². The fraction of sp³-hybridized carbons (Fsp3) is 0.282. The third-order valence-electron chi connectivity index (χ3n) is 8.29. The second-order valence-electron chi connectivity index (χ2n) is 13.7. The lowest BCUT2D eigenvalue weighted by molar-refractivity contribution is -0.185. The number of hydrogen-bond donors (Lipinski definition) is 1. The van der Waals surface area contributed by atoms with Crippen LogP contribution in [0.2, 0.25) is 0 Å². The lowest BCUT2D eigenvalue weighted by atomic mass is 9.84. The van der Waals surface area contributed by atoms with Crippen LogP contribution < -0.4 is 4.74 Å². The van der Waals surface area contributed by atoms with Crippen LogP contribution in [0.1, 0.15) is 79.7 Å². The van der Waals surface area contributed by atoms with Crippen LogP contribution in [-0.2, 0) is 32.6 Å². The van der Waals surface area contributed by atoms with E-state index in [-0.39, 0.29) is 10.8 Å². The molecule has 0 saturated carbocycles. The number of carbonyl (C=O) groups is 2. The van der Waals surface area contributed by atoms with E-state index in [1.807, 2.05) is 36.4 Å². The second-order valence-corrected chi connectivity index (χ2v) is 13.7. The summed E-state index contributed by atoms with van der Waals surface area (Å²) in [7, 11) is 1.57. The van der Waals surface area contributed by atoms with E-state index in [0.29, 0.717) is 45.5 Å². The highest BCUT2D eigenvalue weighted by molar-refractivity contribution is 6.20. The van der Waals surface area contributed by atoms with Gasteiger partial charge in [0.2, 0.25) is 0 Å². The molecular formula is C39H40N2O6.